The fraction of sp³-hybridized carbons (Fsp3) is 0.273. The standard InChI is InChI=1S/C11H11ClN2O/c1-8-6-10(12)7-14-11(8)4-3-5-13-9(2)15/h6-7H,5H2,1-2H3,(H,13,15). The van der Waals surface area contributed by atoms with Crippen molar-refractivity contribution in [3.8, 4) is 11.8 Å². The molecule has 1 amide bonds. The lowest BCUT2D eigenvalue weighted by molar-refractivity contribution is -0.118. The minimum absolute atomic E-state index is 0.0925. The first-order valence-corrected chi connectivity index (χ1v) is 4.83. The van der Waals surface area contributed by atoms with E-state index in [2.05, 4.69) is 22.1 Å². The summed E-state index contributed by atoms with van der Waals surface area (Å²) in [5.41, 5.74) is 1.61. The molecule has 1 aromatic rings. The Bertz CT molecular complexity index is 432. The maximum absolute atomic E-state index is 10.6. The highest BCUT2D eigenvalue weighted by Crippen LogP contribution is 2.10. The van der Waals surface area contributed by atoms with E-state index in [1.807, 2.05) is 6.92 Å². The molecular weight excluding hydrogens is 212 g/mol. The van der Waals surface area contributed by atoms with Crippen LogP contribution in [0.4, 0.5) is 0 Å². The molecule has 0 aromatic carbocycles. The van der Waals surface area contributed by atoms with Crippen molar-refractivity contribution in [1.29, 1.82) is 0 Å². The van der Waals surface area contributed by atoms with Crippen LogP contribution in [0, 0.1) is 18.8 Å². The van der Waals surface area contributed by atoms with Crippen molar-refractivity contribution in [2.45, 2.75) is 13.8 Å². The van der Waals surface area contributed by atoms with E-state index in [4.69, 9.17) is 11.6 Å². The Balaban J connectivity index is 2.67. The molecule has 1 rings (SSSR count). The molecule has 4 heteroatoms. The molecule has 0 atom stereocenters. The van der Waals surface area contributed by atoms with E-state index in [9.17, 15) is 4.79 Å². The Morgan fingerprint density at radius 3 is 3.00 bits per heavy atom. The highest BCUT2D eigenvalue weighted by molar-refractivity contribution is 6.30. The third-order valence-corrected chi connectivity index (χ3v) is 1.88. The SMILES string of the molecule is CC(=O)NCC#Cc1ncc(Cl)cc1C. The van der Waals surface area contributed by atoms with Gasteiger partial charge in [-0.25, -0.2) is 4.98 Å². The molecule has 0 bridgehead atoms. The molecule has 0 aliphatic carbocycles. The molecule has 1 N–H and O–H groups in total. The molecule has 0 radical (unpaired) electrons. The van der Waals surface area contributed by atoms with E-state index in [0.717, 1.165) is 5.56 Å². The van der Waals surface area contributed by atoms with Crippen molar-refractivity contribution < 1.29 is 4.79 Å². The number of aryl methyl sites for hydroxylation is 1. The summed E-state index contributed by atoms with van der Waals surface area (Å²) in [5.74, 6) is 5.57. The number of nitrogens with zero attached hydrogens (tertiary/aromatic N) is 1. The highest BCUT2D eigenvalue weighted by Gasteiger charge is 1.96. The molecule has 3 nitrogen and oxygen atoms in total. The first kappa shape index (κ1) is 11.5. The van der Waals surface area contributed by atoms with Crippen LogP contribution in [0.3, 0.4) is 0 Å². The number of nitrogens with one attached hydrogen (secondary N) is 1. The third kappa shape index (κ3) is 4.01. The molecule has 1 aromatic heterocycles. The quantitative estimate of drug-likeness (QED) is 0.733. The maximum atomic E-state index is 10.6. The molecule has 0 aliphatic rings. The molecule has 0 spiro atoms. The van der Waals surface area contributed by atoms with Crippen molar-refractivity contribution in [3.63, 3.8) is 0 Å². The molecule has 0 saturated carbocycles. The van der Waals surface area contributed by atoms with Gasteiger partial charge in [-0.2, -0.15) is 0 Å². The van der Waals surface area contributed by atoms with Crippen molar-refractivity contribution >= 4 is 17.5 Å². The number of halogens is 1. The van der Waals surface area contributed by atoms with Crippen LogP contribution in [-0.4, -0.2) is 17.4 Å². The van der Waals surface area contributed by atoms with Crippen molar-refractivity contribution in [1.82, 2.24) is 10.3 Å². The van der Waals surface area contributed by atoms with Crippen LogP contribution in [-0.2, 0) is 4.79 Å². The summed E-state index contributed by atoms with van der Waals surface area (Å²) in [6.07, 6.45) is 1.55. The fourth-order valence-electron chi connectivity index (χ4n) is 0.968. The normalized spacial score (nSPS) is 9.00. The van der Waals surface area contributed by atoms with E-state index in [1.165, 1.54) is 6.92 Å². The molecule has 78 valence electrons. The number of hydrogen-bond donors (Lipinski definition) is 1. The van der Waals surface area contributed by atoms with Gasteiger partial charge in [0.2, 0.25) is 5.91 Å². The lowest BCUT2D eigenvalue weighted by atomic mass is 10.2. The van der Waals surface area contributed by atoms with Gasteiger partial charge in [0, 0.05) is 13.1 Å². The van der Waals surface area contributed by atoms with E-state index in [0.29, 0.717) is 17.3 Å². The van der Waals surface area contributed by atoms with Crippen molar-refractivity contribution in [2.75, 3.05) is 6.54 Å². The van der Waals surface area contributed by atoms with Gasteiger partial charge in [0.25, 0.3) is 0 Å². The van der Waals surface area contributed by atoms with Crippen LogP contribution in [0.1, 0.15) is 18.2 Å². The van der Waals surface area contributed by atoms with Gasteiger partial charge in [-0.3, -0.25) is 4.79 Å². The summed E-state index contributed by atoms with van der Waals surface area (Å²) < 4.78 is 0. The first-order chi connectivity index (χ1) is 7.09. The fourth-order valence-corrected chi connectivity index (χ4v) is 1.18. The number of carbonyl (C=O) groups excluding carboxylic acids is 1. The molecule has 1 heterocycles. The first-order valence-electron chi connectivity index (χ1n) is 4.45. The Hall–Kier alpha value is -1.53. The molecule has 0 saturated heterocycles. The molecule has 15 heavy (non-hydrogen) atoms. The Morgan fingerprint density at radius 2 is 2.40 bits per heavy atom. The monoisotopic (exact) mass is 222 g/mol. The smallest absolute Gasteiger partial charge is 0.217 e. The predicted molar refractivity (Wildman–Crippen MR) is 59.5 cm³/mol. The van der Waals surface area contributed by atoms with Gasteiger partial charge in [-0.15, -0.1) is 0 Å². The van der Waals surface area contributed by atoms with Crippen LogP contribution >= 0.6 is 11.6 Å². The summed E-state index contributed by atoms with van der Waals surface area (Å²) >= 11 is 5.75. The van der Waals surface area contributed by atoms with Gasteiger partial charge in [-0.05, 0) is 24.5 Å². The average Bonchev–Trinajstić information content (AvgIpc) is 2.14. The topological polar surface area (TPSA) is 42.0 Å². The number of aromatic nitrogens is 1. The predicted octanol–water partition coefficient (Wildman–Crippen LogP) is 1.53. The van der Waals surface area contributed by atoms with Crippen LogP contribution in [0.15, 0.2) is 12.3 Å². The summed E-state index contributed by atoms with van der Waals surface area (Å²) in [5, 5.41) is 3.18. The number of carbonyl (C=O) groups is 1. The number of rotatable bonds is 1. The van der Waals surface area contributed by atoms with E-state index >= 15 is 0 Å². The van der Waals surface area contributed by atoms with Gasteiger partial charge < -0.3 is 5.32 Å². The van der Waals surface area contributed by atoms with E-state index < -0.39 is 0 Å². The van der Waals surface area contributed by atoms with E-state index in [-0.39, 0.29) is 5.91 Å². The highest BCUT2D eigenvalue weighted by atomic mass is 35.5. The van der Waals surface area contributed by atoms with Crippen LogP contribution < -0.4 is 5.32 Å². The summed E-state index contributed by atoms with van der Waals surface area (Å²) in [7, 11) is 0. The van der Waals surface area contributed by atoms with Gasteiger partial charge in [-0.1, -0.05) is 17.5 Å². The maximum Gasteiger partial charge on any atom is 0.217 e. The zero-order valence-corrected chi connectivity index (χ0v) is 9.35. The molecule has 0 unspecified atom stereocenters. The summed E-state index contributed by atoms with van der Waals surface area (Å²) in [6.45, 7) is 3.67. The lowest BCUT2D eigenvalue weighted by Crippen LogP contribution is -2.19. The van der Waals surface area contributed by atoms with Crippen molar-refractivity contribution in [3.05, 3.63) is 28.5 Å². The Labute approximate surface area is 93.9 Å². The van der Waals surface area contributed by atoms with Crippen molar-refractivity contribution in [2.24, 2.45) is 0 Å². The minimum atomic E-state index is -0.0925. The summed E-state index contributed by atoms with van der Waals surface area (Å²) in [6, 6.07) is 1.80. The zero-order valence-electron chi connectivity index (χ0n) is 8.60. The van der Waals surface area contributed by atoms with Crippen LogP contribution in [0.5, 0.6) is 0 Å². The number of amides is 1. The van der Waals surface area contributed by atoms with Crippen LogP contribution in [0.2, 0.25) is 5.02 Å². The third-order valence-electron chi connectivity index (χ3n) is 1.68. The van der Waals surface area contributed by atoms with Gasteiger partial charge in [0.15, 0.2) is 0 Å². The molecule has 0 fully saturated rings. The Kier molecular flexibility index (Phi) is 4.14. The summed E-state index contributed by atoms with van der Waals surface area (Å²) in [4.78, 5) is 14.6. The van der Waals surface area contributed by atoms with E-state index in [1.54, 1.807) is 12.3 Å². The minimum Gasteiger partial charge on any atom is -0.345 e. The molecule has 0 aliphatic heterocycles. The molecular formula is C11H11ClN2O. The van der Waals surface area contributed by atoms with Gasteiger partial charge in [0.1, 0.15) is 5.69 Å². The number of pyridine rings is 1. The number of hydrogen-bond acceptors (Lipinski definition) is 2. The zero-order chi connectivity index (χ0) is 11.3. The van der Waals surface area contributed by atoms with Gasteiger partial charge in [0.05, 0.1) is 11.6 Å². The Morgan fingerprint density at radius 1 is 1.67 bits per heavy atom. The van der Waals surface area contributed by atoms with Gasteiger partial charge >= 0.3 is 0 Å². The largest absolute Gasteiger partial charge is 0.345 e. The second-order valence-corrected chi connectivity index (χ2v) is 3.47. The second-order valence-electron chi connectivity index (χ2n) is 3.03. The second kappa shape index (κ2) is 5.38. The lowest BCUT2D eigenvalue weighted by Gasteiger charge is -1.96. The average molecular weight is 223 g/mol. The van der Waals surface area contributed by atoms with Crippen LogP contribution in [0.25, 0.3) is 0 Å².